The summed E-state index contributed by atoms with van der Waals surface area (Å²) in [5.74, 6) is 0.904. The molecule has 108 valence electrons. The molecule has 1 aromatic carbocycles. The van der Waals surface area contributed by atoms with E-state index in [1.807, 2.05) is 29.1 Å². The molecule has 4 nitrogen and oxygen atoms in total. The van der Waals surface area contributed by atoms with Crippen LogP contribution in [0.2, 0.25) is 0 Å². The Balaban J connectivity index is 2.34. The van der Waals surface area contributed by atoms with Gasteiger partial charge in [-0.2, -0.15) is 5.10 Å². The Labute approximate surface area is 120 Å². The first-order chi connectivity index (χ1) is 9.80. The van der Waals surface area contributed by atoms with E-state index in [1.54, 1.807) is 7.11 Å². The minimum atomic E-state index is 0.113. The van der Waals surface area contributed by atoms with Gasteiger partial charge in [0, 0.05) is 23.9 Å². The Morgan fingerprint density at radius 3 is 2.80 bits per heavy atom. The predicted molar refractivity (Wildman–Crippen MR) is 81.0 cm³/mol. The van der Waals surface area contributed by atoms with Crippen molar-refractivity contribution in [1.82, 2.24) is 15.1 Å². The van der Waals surface area contributed by atoms with Crippen LogP contribution in [0, 0.1) is 0 Å². The average Bonchev–Trinajstić information content (AvgIpc) is 2.93. The van der Waals surface area contributed by atoms with Crippen molar-refractivity contribution in [2.75, 3.05) is 13.7 Å². The zero-order chi connectivity index (χ0) is 14.4. The van der Waals surface area contributed by atoms with Gasteiger partial charge < -0.3 is 10.1 Å². The van der Waals surface area contributed by atoms with Crippen LogP contribution in [-0.4, -0.2) is 23.4 Å². The van der Waals surface area contributed by atoms with Gasteiger partial charge in [0.2, 0.25) is 0 Å². The van der Waals surface area contributed by atoms with Crippen LogP contribution < -0.4 is 10.1 Å². The minimum absolute atomic E-state index is 0.113. The molecule has 1 aromatic heterocycles. The highest BCUT2D eigenvalue weighted by Gasteiger charge is 2.18. The summed E-state index contributed by atoms with van der Waals surface area (Å²) in [5, 5.41) is 7.94. The molecule has 1 atom stereocenters. The van der Waals surface area contributed by atoms with Gasteiger partial charge in [0.1, 0.15) is 5.75 Å². The lowest BCUT2D eigenvalue weighted by atomic mass is 10.0. The van der Waals surface area contributed by atoms with E-state index in [9.17, 15) is 0 Å². The van der Waals surface area contributed by atoms with Crippen molar-refractivity contribution < 1.29 is 4.74 Å². The Bertz CT molecular complexity index is 536. The van der Waals surface area contributed by atoms with Gasteiger partial charge in [-0.1, -0.05) is 32.0 Å². The first-order valence-corrected chi connectivity index (χ1v) is 7.18. The molecule has 0 fully saturated rings. The number of para-hydroxylation sites is 1. The topological polar surface area (TPSA) is 39.1 Å². The number of rotatable bonds is 7. The van der Waals surface area contributed by atoms with E-state index in [0.717, 1.165) is 30.8 Å². The number of benzene rings is 1. The van der Waals surface area contributed by atoms with Gasteiger partial charge in [0.25, 0.3) is 0 Å². The van der Waals surface area contributed by atoms with Crippen molar-refractivity contribution in [3.63, 3.8) is 0 Å². The van der Waals surface area contributed by atoms with Crippen LogP contribution in [0.3, 0.4) is 0 Å². The zero-order valence-electron chi connectivity index (χ0n) is 12.5. The second kappa shape index (κ2) is 7.10. The van der Waals surface area contributed by atoms with Crippen LogP contribution >= 0.6 is 0 Å². The molecular formula is C16H23N3O. The van der Waals surface area contributed by atoms with Gasteiger partial charge in [0.15, 0.2) is 0 Å². The third-order valence-corrected chi connectivity index (χ3v) is 3.30. The Morgan fingerprint density at radius 2 is 2.10 bits per heavy atom. The van der Waals surface area contributed by atoms with E-state index in [1.165, 1.54) is 5.56 Å². The molecule has 0 aliphatic heterocycles. The quantitative estimate of drug-likeness (QED) is 0.843. The first-order valence-electron chi connectivity index (χ1n) is 7.18. The van der Waals surface area contributed by atoms with Crippen LogP contribution in [0.1, 0.15) is 37.4 Å². The number of aromatic nitrogens is 2. The number of ether oxygens (including phenoxy) is 1. The lowest BCUT2D eigenvalue weighted by Gasteiger charge is -2.19. The molecular weight excluding hydrogens is 250 g/mol. The maximum absolute atomic E-state index is 5.48. The Hall–Kier alpha value is -1.81. The van der Waals surface area contributed by atoms with Crippen LogP contribution in [0.25, 0.3) is 0 Å². The maximum Gasteiger partial charge on any atom is 0.123 e. The third-order valence-electron chi connectivity index (χ3n) is 3.30. The van der Waals surface area contributed by atoms with Crippen LogP contribution in [0.5, 0.6) is 5.75 Å². The van der Waals surface area contributed by atoms with Crippen molar-refractivity contribution in [1.29, 1.82) is 0 Å². The second-order valence-electron chi connectivity index (χ2n) is 4.77. The molecule has 0 aliphatic rings. The van der Waals surface area contributed by atoms with Crippen molar-refractivity contribution in [2.45, 2.75) is 32.9 Å². The standard InChI is InChI=1S/C16H23N3O/c1-4-10-19-12-13(11-18-19)16(17-5-2)14-8-6-7-9-15(14)20-3/h6-9,11-12,16-17H,4-5,10H2,1-3H3. The molecule has 0 radical (unpaired) electrons. The molecule has 1 N–H and O–H groups in total. The summed E-state index contributed by atoms with van der Waals surface area (Å²) >= 11 is 0. The largest absolute Gasteiger partial charge is 0.496 e. The molecule has 0 amide bonds. The Morgan fingerprint density at radius 1 is 1.30 bits per heavy atom. The van der Waals surface area contributed by atoms with E-state index < -0.39 is 0 Å². The van der Waals surface area contributed by atoms with Gasteiger partial charge in [-0.05, 0) is 19.0 Å². The molecule has 2 aromatic rings. The summed E-state index contributed by atoms with van der Waals surface area (Å²) in [7, 11) is 1.71. The highest BCUT2D eigenvalue weighted by Crippen LogP contribution is 2.29. The maximum atomic E-state index is 5.48. The normalized spacial score (nSPS) is 12.3. The van der Waals surface area contributed by atoms with E-state index in [0.29, 0.717) is 0 Å². The van der Waals surface area contributed by atoms with Gasteiger partial charge >= 0.3 is 0 Å². The fourth-order valence-electron chi connectivity index (χ4n) is 2.40. The highest BCUT2D eigenvalue weighted by molar-refractivity contribution is 5.40. The summed E-state index contributed by atoms with van der Waals surface area (Å²) in [4.78, 5) is 0. The number of nitrogens with one attached hydrogen (secondary N) is 1. The van der Waals surface area contributed by atoms with Crippen LogP contribution in [0.15, 0.2) is 36.7 Å². The zero-order valence-corrected chi connectivity index (χ0v) is 12.5. The lowest BCUT2D eigenvalue weighted by molar-refractivity contribution is 0.404. The first kappa shape index (κ1) is 14.6. The lowest BCUT2D eigenvalue weighted by Crippen LogP contribution is -2.22. The number of hydrogen-bond acceptors (Lipinski definition) is 3. The van der Waals surface area contributed by atoms with Crippen LogP contribution in [-0.2, 0) is 6.54 Å². The van der Waals surface area contributed by atoms with E-state index >= 15 is 0 Å². The molecule has 0 bridgehead atoms. The molecule has 0 saturated carbocycles. The molecule has 0 aliphatic carbocycles. The fraction of sp³-hybridized carbons (Fsp3) is 0.438. The van der Waals surface area contributed by atoms with Crippen molar-refractivity contribution in [3.05, 3.63) is 47.8 Å². The fourth-order valence-corrected chi connectivity index (χ4v) is 2.40. The molecule has 20 heavy (non-hydrogen) atoms. The smallest absolute Gasteiger partial charge is 0.123 e. The molecule has 0 spiro atoms. The second-order valence-corrected chi connectivity index (χ2v) is 4.77. The predicted octanol–water partition coefficient (Wildman–Crippen LogP) is 3.00. The Kier molecular flexibility index (Phi) is 5.18. The minimum Gasteiger partial charge on any atom is -0.496 e. The molecule has 2 rings (SSSR count). The van der Waals surface area contributed by atoms with Gasteiger partial charge in [-0.3, -0.25) is 4.68 Å². The molecule has 1 unspecified atom stereocenters. The van der Waals surface area contributed by atoms with E-state index in [2.05, 4.69) is 36.5 Å². The van der Waals surface area contributed by atoms with Gasteiger partial charge in [-0.25, -0.2) is 0 Å². The number of nitrogens with zero attached hydrogens (tertiary/aromatic N) is 2. The summed E-state index contributed by atoms with van der Waals surface area (Å²) < 4.78 is 7.48. The third kappa shape index (κ3) is 3.20. The van der Waals surface area contributed by atoms with Crippen molar-refractivity contribution in [3.8, 4) is 5.75 Å². The monoisotopic (exact) mass is 273 g/mol. The average molecular weight is 273 g/mol. The van der Waals surface area contributed by atoms with Crippen molar-refractivity contribution >= 4 is 0 Å². The highest BCUT2D eigenvalue weighted by atomic mass is 16.5. The number of methoxy groups -OCH3 is 1. The molecule has 0 saturated heterocycles. The van der Waals surface area contributed by atoms with Crippen molar-refractivity contribution in [2.24, 2.45) is 0 Å². The summed E-state index contributed by atoms with van der Waals surface area (Å²) in [6, 6.07) is 8.24. The number of aryl methyl sites for hydroxylation is 1. The summed E-state index contributed by atoms with van der Waals surface area (Å²) in [6.45, 7) is 6.11. The summed E-state index contributed by atoms with van der Waals surface area (Å²) in [6.07, 6.45) is 5.14. The SMILES string of the molecule is CCCn1cc(C(NCC)c2ccccc2OC)cn1. The van der Waals surface area contributed by atoms with Gasteiger partial charge in [-0.15, -0.1) is 0 Å². The molecule has 1 heterocycles. The molecule has 4 heteroatoms. The van der Waals surface area contributed by atoms with E-state index in [4.69, 9.17) is 4.74 Å². The number of hydrogen-bond donors (Lipinski definition) is 1. The summed E-state index contributed by atoms with van der Waals surface area (Å²) in [5.41, 5.74) is 2.32. The van der Waals surface area contributed by atoms with Crippen LogP contribution in [0.4, 0.5) is 0 Å². The van der Waals surface area contributed by atoms with Gasteiger partial charge in [0.05, 0.1) is 19.3 Å². The van der Waals surface area contributed by atoms with E-state index in [-0.39, 0.29) is 6.04 Å².